The molecule has 2 N–H and O–H groups in total. The van der Waals surface area contributed by atoms with Crippen LogP contribution in [0.15, 0.2) is 64.3 Å². The smallest absolute Gasteiger partial charge is 0.348 e. The number of nitrogens with zero attached hydrogens (tertiary/aromatic N) is 2. The maximum Gasteiger partial charge on any atom is 0.416 e. The molecule has 0 saturated carbocycles. The summed E-state index contributed by atoms with van der Waals surface area (Å²) < 4.78 is 67.5. The highest BCUT2D eigenvalue weighted by atomic mass is 35.5. The SMILES string of the molecule is Cc1c(Cl)cc(C(=O)NCc2ccc(S(=O)(=O)N3CCNCC3)cc2)c(=O)n1-c1cccc(C(F)(F)F)c1. The van der Waals surface area contributed by atoms with E-state index in [1.807, 2.05) is 0 Å². The van der Waals surface area contributed by atoms with Gasteiger partial charge in [0.15, 0.2) is 0 Å². The molecule has 1 fully saturated rings. The normalized spacial score (nSPS) is 14.9. The fourth-order valence-corrected chi connectivity index (χ4v) is 5.69. The predicted octanol–water partition coefficient (Wildman–Crippen LogP) is 3.34. The van der Waals surface area contributed by atoms with E-state index >= 15 is 0 Å². The molecule has 0 bridgehead atoms. The zero-order chi connectivity index (χ0) is 27.7. The van der Waals surface area contributed by atoms with E-state index in [0.717, 1.165) is 22.8 Å². The first-order valence-corrected chi connectivity index (χ1v) is 13.4. The lowest BCUT2D eigenvalue weighted by molar-refractivity contribution is -0.137. The monoisotopic (exact) mass is 568 g/mol. The van der Waals surface area contributed by atoms with Crippen molar-refractivity contribution in [3.8, 4) is 5.69 Å². The lowest BCUT2D eigenvalue weighted by atomic mass is 10.1. The van der Waals surface area contributed by atoms with Crippen molar-refractivity contribution in [2.75, 3.05) is 26.2 Å². The third kappa shape index (κ3) is 5.78. The number of nitrogens with one attached hydrogen (secondary N) is 2. The second-order valence-electron chi connectivity index (χ2n) is 8.66. The van der Waals surface area contributed by atoms with Crippen LogP contribution in [0.2, 0.25) is 5.02 Å². The summed E-state index contributed by atoms with van der Waals surface area (Å²) in [6.07, 6.45) is -4.62. The van der Waals surface area contributed by atoms with Crippen LogP contribution >= 0.6 is 11.6 Å². The van der Waals surface area contributed by atoms with Crippen molar-refractivity contribution in [2.24, 2.45) is 0 Å². The first-order chi connectivity index (χ1) is 17.9. The van der Waals surface area contributed by atoms with Crippen molar-refractivity contribution >= 4 is 27.5 Å². The maximum absolute atomic E-state index is 13.2. The summed E-state index contributed by atoms with van der Waals surface area (Å²) in [5.41, 5.74) is -1.46. The third-order valence-electron chi connectivity index (χ3n) is 6.15. The maximum atomic E-state index is 13.2. The molecule has 0 radical (unpaired) electrons. The van der Waals surface area contributed by atoms with Crippen LogP contribution in [0.4, 0.5) is 13.2 Å². The van der Waals surface area contributed by atoms with E-state index in [1.165, 1.54) is 35.5 Å². The molecule has 1 aliphatic rings. The van der Waals surface area contributed by atoms with Gasteiger partial charge in [0.25, 0.3) is 11.5 Å². The van der Waals surface area contributed by atoms with Crippen molar-refractivity contribution < 1.29 is 26.4 Å². The van der Waals surface area contributed by atoms with Crippen LogP contribution in [0.1, 0.15) is 27.2 Å². The Kier molecular flexibility index (Phi) is 7.98. The Bertz CT molecular complexity index is 1520. The summed E-state index contributed by atoms with van der Waals surface area (Å²) in [6.45, 7) is 3.32. The zero-order valence-electron chi connectivity index (χ0n) is 20.2. The van der Waals surface area contributed by atoms with Crippen molar-refractivity contribution in [1.29, 1.82) is 0 Å². The van der Waals surface area contributed by atoms with Crippen LogP contribution < -0.4 is 16.2 Å². The molecule has 202 valence electrons. The van der Waals surface area contributed by atoms with E-state index in [-0.39, 0.29) is 33.4 Å². The van der Waals surface area contributed by atoms with Gasteiger partial charge in [-0.25, -0.2) is 8.42 Å². The molecule has 1 aromatic heterocycles. The van der Waals surface area contributed by atoms with E-state index in [0.29, 0.717) is 31.7 Å². The van der Waals surface area contributed by atoms with Gasteiger partial charge in [0.2, 0.25) is 10.0 Å². The fraction of sp³-hybridized carbons (Fsp3) is 0.280. The Morgan fingerprint density at radius 2 is 1.74 bits per heavy atom. The Morgan fingerprint density at radius 1 is 1.08 bits per heavy atom. The second-order valence-corrected chi connectivity index (χ2v) is 11.0. The van der Waals surface area contributed by atoms with Crippen molar-refractivity contribution in [3.05, 3.63) is 92.4 Å². The van der Waals surface area contributed by atoms with E-state index in [4.69, 9.17) is 11.6 Å². The van der Waals surface area contributed by atoms with Crippen molar-refractivity contribution in [2.45, 2.75) is 24.5 Å². The average molecular weight is 569 g/mol. The minimum absolute atomic E-state index is 0.0228. The Hall–Kier alpha value is -3.19. The summed E-state index contributed by atoms with van der Waals surface area (Å²) in [5.74, 6) is -0.782. The highest BCUT2D eigenvalue weighted by Crippen LogP contribution is 2.30. The zero-order valence-corrected chi connectivity index (χ0v) is 21.8. The molecular formula is C25H24ClF3N4O4S. The number of piperazine rings is 1. The van der Waals surface area contributed by atoms with Gasteiger partial charge in [-0.2, -0.15) is 17.5 Å². The lowest BCUT2D eigenvalue weighted by Crippen LogP contribution is -2.46. The van der Waals surface area contributed by atoms with Gasteiger partial charge in [-0.3, -0.25) is 14.2 Å². The quantitative estimate of drug-likeness (QED) is 0.475. The topological polar surface area (TPSA) is 101 Å². The fourth-order valence-electron chi connectivity index (χ4n) is 4.06. The van der Waals surface area contributed by atoms with E-state index < -0.39 is 33.2 Å². The molecule has 3 aromatic rings. The summed E-state index contributed by atoms with van der Waals surface area (Å²) >= 11 is 6.23. The van der Waals surface area contributed by atoms with Crippen LogP contribution in [0.25, 0.3) is 5.69 Å². The van der Waals surface area contributed by atoms with Gasteiger partial charge >= 0.3 is 6.18 Å². The summed E-state index contributed by atoms with van der Waals surface area (Å²) in [6, 6.07) is 11.3. The van der Waals surface area contributed by atoms with Crippen molar-refractivity contribution in [3.63, 3.8) is 0 Å². The van der Waals surface area contributed by atoms with Crippen LogP contribution in [0.3, 0.4) is 0 Å². The molecule has 8 nitrogen and oxygen atoms in total. The molecule has 2 aromatic carbocycles. The van der Waals surface area contributed by atoms with Crippen LogP contribution in [-0.4, -0.2) is 49.4 Å². The number of halogens is 4. The minimum atomic E-state index is -4.62. The van der Waals surface area contributed by atoms with Gasteiger partial charge in [0, 0.05) is 44.1 Å². The number of rotatable bonds is 6. The molecule has 4 rings (SSSR count). The molecule has 0 unspecified atom stereocenters. The second kappa shape index (κ2) is 10.9. The number of carbonyl (C=O) groups excluding carboxylic acids is 1. The van der Waals surface area contributed by atoms with Crippen molar-refractivity contribution in [1.82, 2.24) is 19.5 Å². The van der Waals surface area contributed by atoms with Gasteiger partial charge in [0.1, 0.15) is 5.56 Å². The summed E-state index contributed by atoms with van der Waals surface area (Å²) in [5, 5.41) is 5.70. The van der Waals surface area contributed by atoms with Gasteiger partial charge < -0.3 is 10.6 Å². The molecular weight excluding hydrogens is 545 g/mol. The van der Waals surface area contributed by atoms with Crippen LogP contribution in [0, 0.1) is 6.92 Å². The lowest BCUT2D eigenvalue weighted by Gasteiger charge is -2.26. The number of amides is 1. The highest BCUT2D eigenvalue weighted by Gasteiger charge is 2.31. The van der Waals surface area contributed by atoms with E-state index in [1.54, 1.807) is 12.1 Å². The molecule has 1 saturated heterocycles. The molecule has 1 aliphatic heterocycles. The van der Waals surface area contributed by atoms with Gasteiger partial charge in [-0.15, -0.1) is 0 Å². The van der Waals surface area contributed by atoms with Gasteiger partial charge in [-0.05, 0) is 48.9 Å². The number of pyridine rings is 1. The Labute approximate surface area is 222 Å². The predicted molar refractivity (Wildman–Crippen MR) is 136 cm³/mol. The molecule has 0 aliphatic carbocycles. The molecule has 1 amide bonds. The molecule has 38 heavy (non-hydrogen) atoms. The standard InChI is InChI=1S/C25H24ClF3N4O4S/c1-16-22(26)14-21(24(35)33(16)19-4-2-3-18(13-19)25(27,28)29)23(34)31-15-17-5-7-20(8-6-17)38(36,37)32-11-9-30-10-12-32/h2-8,13-14,30H,9-12,15H2,1H3,(H,31,34). The first-order valence-electron chi connectivity index (χ1n) is 11.6. The first kappa shape index (κ1) is 27.8. The number of carbonyl (C=O) groups is 1. The molecule has 13 heteroatoms. The molecule has 0 atom stereocenters. The van der Waals surface area contributed by atoms with E-state index in [9.17, 15) is 31.2 Å². The Balaban J connectivity index is 1.54. The Morgan fingerprint density at radius 3 is 2.37 bits per heavy atom. The highest BCUT2D eigenvalue weighted by molar-refractivity contribution is 7.89. The third-order valence-corrected chi connectivity index (χ3v) is 8.45. The van der Waals surface area contributed by atoms with Crippen LogP contribution in [-0.2, 0) is 22.7 Å². The largest absolute Gasteiger partial charge is 0.416 e. The number of alkyl halides is 3. The molecule has 2 heterocycles. The van der Waals surface area contributed by atoms with Gasteiger partial charge in [-0.1, -0.05) is 29.8 Å². The minimum Gasteiger partial charge on any atom is -0.348 e. The number of aromatic nitrogens is 1. The van der Waals surface area contributed by atoms with E-state index in [2.05, 4.69) is 10.6 Å². The number of hydrogen-bond acceptors (Lipinski definition) is 5. The summed E-state index contributed by atoms with van der Waals surface area (Å²) in [7, 11) is -3.63. The number of benzene rings is 2. The number of sulfonamides is 1. The van der Waals surface area contributed by atoms with Crippen LogP contribution in [0.5, 0.6) is 0 Å². The van der Waals surface area contributed by atoms with Gasteiger partial charge in [0.05, 0.1) is 15.5 Å². The summed E-state index contributed by atoms with van der Waals surface area (Å²) in [4.78, 5) is 26.1. The average Bonchev–Trinajstić information content (AvgIpc) is 2.90. The number of hydrogen-bond donors (Lipinski definition) is 2. The molecule has 0 spiro atoms.